The smallest absolute Gasteiger partial charge is 0.255 e. The molecule has 5 nitrogen and oxygen atoms in total. The second kappa shape index (κ2) is 9.55. The average molecular weight is 433 g/mol. The minimum atomic E-state index is -0.233. The molecule has 0 bridgehead atoms. The normalized spacial score (nSPS) is 11.8. The molecule has 0 radical (unpaired) electrons. The molecule has 2 amide bonds. The van der Waals surface area contributed by atoms with Crippen LogP contribution < -0.4 is 15.4 Å². The molecule has 2 aromatic rings. The molecule has 1 atom stereocenters. The number of benzene rings is 2. The highest BCUT2D eigenvalue weighted by Crippen LogP contribution is 2.27. The number of anilines is 1. The van der Waals surface area contributed by atoms with E-state index in [0.717, 1.165) is 10.9 Å². The molecule has 0 saturated heterocycles. The third kappa shape index (κ3) is 6.10. The topological polar surface area (TPSA) is 67.4 Å². The number of ether oxygens (including phenoxy) is 1. The van der Waals surface area contributed by atoms with Gasteiger partial charge in [0, 0.05) is 22.9 Å². The number of halogens is 1. The maximum atomic E-state index is 12.5. The Morgan fingerprint density at radius 3 is 2.19 bits per heavy atom. The SMILES string of the molecule is CCC(C)NC(=O)c1ccc(NC(=O)c2ccc(OC(C)C)c(Br)c2)cc1. The van der Waals surface area contributed by atoms with Crippen molar-refractivity contribution in [3.05, 3.63) is 58.1 Å². The van der Waals surface area contributed by atoms with Crippen molar-refractivity contribution in [3.63, 3.8) is 0 Å². The number of hydrogen-bond donors (Lipinski definition) is 2. The first-order valence-electron chi connectivity index (χ1n) is 8.98. The summed E-state index contributed by atoms with van der Waals surface area (Å²) in [7, 11) is 0. The van der Waals surface area contributed by atoms with E-state index in [2.05, 4.69) is 26.6 Å². The third-order valence-electron chi connectivity index (χ3n) is 3.95. The highest BCUT2D eigenvalue weighted by Gasteiger charge is 2.12. The molecule has 0 fully saturated rings. The fourth-order valence-electron chi connectivity index (χ4n) is 2.31. The Bertz CT molecular complexity index is 804. The zero-order valence-electron chi connectivity index (χ0n) is 16.0. The monoisotopic (exact) mass is 432 g/mol. The van der Waals surface area contributed by atoms with Crippen LogP contribution in [0.15, 0.2) is 46.9 Å². The zero-order valence-corrected chi connectivity index (χ0v) is 17.6. The fraction of sp³-hybridized carbons (Fsp3) is 0.333. The molecule has 0 aliphatic heterocycles. The van der Waals surface area contributed by atoms with Crippen LogP contribution in [0.2, 0.25) is 0 Å². The van der Waals surface area contributed by atoms with Gasteiger partial charge in [0.2, 0.25) is 0 Å². The molecule has 0 aliphatic rings. The number of nitrogens with one attached hydrogen (secondary N) is 2. The van der Waals surface area contributed by atoms with Crippen molar-refractivity contribution in [1.82, 2.24) is 5.32 Å². The van der Waals surface area contributed by atoms with Gasteiger partial charge in [-0.25, -0.2) is 0 Å². The summed E-state index contributed by atoms with van der Waals surface area (Å²) < 4.78 is 6.38. The van der Waals surface area contributed by atoms with Crippen molar-refractivity contribution in [3.8, 4) is 5.75 Å². The summed E-state index contributed by atoms with van der Waals surface area (Å²) in [5, 5.41) is 5.74. The molecule has 2 rings (SSSR count). The maximum absolute atomic E-state index is 12.5. The summed E-state index contributed by atoms with van der Waals surface area (Å²) in [6.45, 7) is 7.87. The Hall–Kier alpha value is -2.34. The average Bonchev–Trinajstić information content (AvgIpc) is 2.63. The van der Waals surface area contributed by atoms with Crippen LogP contribution in [0.3, 0.4) is 0 Å². The first-order chi connectivity index (χ1) is 12.8. The summed E-state index contributed by atoms with van der Waals surface area (Å²) in [6.07, 6.45) is 0.924. The van der Waals surface area contributed by atoms with Gasteiger partial charge in [0.15, 0.2) is 0 Å². The third-order valence-corrected chi connectivity index (χ3v) is 4.57. The molecule has 27 heavy (non-hydrogen) atoms. The van der Waals surface area contributed by atoms with Gasteiger partial charge in [-0.3, -0.25) is 9.59 Å². The minimum absolute atomic E-state index is 0.0528. The number of hydrogen-bond acceptors (Lipinski definition) is 3. The van der Waals surface area contributed by atoms with Crippen LogP contribution in [0.5, 0.6) is 5.75 Å². The lowest BCUT2D eigenvalue weighted by Crippen LogP contribution is -2.31. The number of carbonyl (C=O) groups is 2. The van der Waals surface area contributed by atoms with Gasteiger partial charge in [-0.1, -0.05) is 6.92 Å². The predicted octanol–water partition coefficient (Wildman–Crippen LogP) is 5.02. The molecule has 6 heteroatoms. The van der Waals surface area contributed by atoms with Gasteiger partial charge < -0.3 is 15.4 Å². The largest absolute Gasteiger partial charge is 0.490 e. The molecule has 0 heterocycles. The van der Waals surface area contributed by atoms with E-state index < -0.39 is 0 Å². The van der Waals surface area contributed by atoms with Crippen LogP contribution in [0, 0.1) is 0 Å². The number of carbonyl (C=O) groups excluding carboxylic acids is 2. The van der Waals surface area contributed by atoms with Gasteiger partial charge >= 0.3 is 0 Å². The number of amides is 2. The number of rotatable bonds is 7. The van der Waals surface area contributed by atoms with Crippen LogP contribution in [0.4, 0.5) is 5.69 Å². The lowest BCUT2D eigenvalue weighted by Gasteiger charge is -2.13. The van der Waals surface area contributed by atoms with Crippen LogP contribution >= 0.6 is 15.9 Å². The van der Waals surface area contributed by atoms with E-state index in [0.29, 0.717) is 22.6 Å². The summed E-state index contributed by atoms with van der Waals surface area (Å²) >= 11 is 3.43. The standard InChI is InChI=1S/C21H25BrN2O3/c1-5-14(4)23-20(25)15-6-9-17(10-7-15)24-21(26)16-8-11-19(18(22)12-16)27-13(2)3/h6-14H,5H2,1-4H3,(H,23,25)(H,24,26). The first kappa shape index (κ1) is 21.0. The maximum Gasteiger partial charge on any atom is 0.255 e. The Morgan fingerprint density at radius 1 is 1.00 bits per heavy atom. The summed E-state index contributed by atoms with van der Waals surface area (Å²) in [4.78, 5) is 24.6. The molecule has 0 aliphatic carbocycles. The van der Waals surface area contributed by atoms with Crippen molar-refractivity contribution in [2.75, 3.05) is 5.32 Å². The second-order valence-electron chi connectivity index (χ2n) is 6.63. The molecule has 144 valence electrons. The van der Waals surface area contributed by atoms with Crippen molar-refractivity contribution in [1.29, 1.82) is 0 Å². The van der Waals surface area contributed by atoms with Gasteiger partial charge in [0.05, 0.1) is 10.6 Å². The quantitative estimate of drug-likeness (QED) is 0.645. The van der Waals surface area contributed by atoms with Crippen LogP contribution in [0.25, 0.3) is 0 Å². The summed E-state index contributed by atoms with van der Waals surface area (Å²) in [5.74, 6) is 0.341. The second-order valence-corrected chi connectivity index (χ2v) is 7.48. The van der Waals surface area contributed by atoms with Gasteiger partial charge in [-0.15, -0.1) is 0 Å². The molecule has 2 N–H and O–H groups in total. The van der Waals surface area contributed by atoms with E-state index in [9.17, 15) is 9.59 Å². The lowest BCUT2D eigenvalue weighted by molar-refractivity contribution is 0.0938. The van der Waals surface area contributed by atoms with Crippen molar-refractivity contribution in [2.45, 2.75) is 46.3 Å². The zero-order chi connectivity index (χ0) is 20.0. The van der Waals surface area contributed by atoms with Gasteiger partial charge in [0.1, 0.15) is 5.75 Å². The molecule has 0 spiro atoms. The Kier molecular flexibility index (Phi) is 7.42. The fourth-order valence-corrected chi connectivity index (χ4v) is 2.78. The highest BCUT2D eigenvalue weighted by atomic mass is 79.9. The highest BCUT2D eigenvalue weighted by molar-refractivity contribution is 9.10. The lowest BCUT2D eigenvalue weighted by atomic mass is 10.1. The molecular weight excluding hydrogens is 408 g/mol. The van der Waals surface area contributed by atoms with Crippen LogP contribution in [-0.4, -0.2) is 24.0 Å². The minimum Gasteiger partial charge on any atom is -0.490 e. The van der Waals surface area contributed by atoms with Gasteiger partial charge in [-0.2, -0.15) is 0 Å². The first-order valence-corrected chi connectivity index (χ1v) is 9.78. The van der Waals surface area contributed by atoms with Gasteiger partial charge in [0.25, 0.3) is 11.8 Å². The van der Waals surface area contributed by atoms with Gasteiger partial charge in [-0.05, 0) is 85.6 Å². The van der Waals surface area contributed by atoms with Crippen molar-refractivity contribution in [2.24, 2.45) is 0 Å². The van der Waals surface area contributed by atoms with Crippen molar-refractivity contribution < 1.29 is 14.3 Å². The van der Waals surface area contributed by atoms with E-state index in [4.69, 9.17) is 4.74 Å². The molecule has 1 unspecified atom stereocenters. The summed E-state index contributed by atoms with van der Waals surface area (Å²) in [6, 6.07) is 12.2. The van der Waals surface area contributed by atoms with E-state index in [1.54, 1.807) is 42.5 Å². The van der Waals surface area contributed by atoms with E-state index in [1.807, 2.05) is 27.7 Å². The van der Waals surface area contributed by atoms with E-state index >= 15 is 0 Å². The molecule has 0 aromatic heterocycles. The Morgan fingerprint density at radius 2 is 1.63 bits per heavy atom. The van der Waals surface area contributed by atoms with E-state index in [-0.39, 0.29) is 24.0 Å². The van der Waals surface area contributed by atoms with Crippen molar-refractivity contribution >= 4 is 33.4 Å². The van der Waals surface area contributed by atoms with Crippen LogP contribution in [0.1, 0.15) is 54.8 Å². The Labute approximate surface area is 168 Å². The Balaban J connectivity index is 2.03. The molecular formula is C21H25BrN2O3. The predicted molar refractivity (Wildman–Crippen MR) is 112 cm³/mol. The van der Waals surface area contributed by atoms with E-state index in [1.165, 1.54) is 0 Å². The summed E-state index contributed by atoms with van der Waals surface area (Å²) in [5.41, 5.74) is 1.70. The molecule has 0 saturated carbocycles. The van der Waals surface area contributed by atoms with Crippen LogP contribution in [-0.2, 0) is 0 Å². The molecule has 2 aromatic carbocycles.